The van der Waals surface area contributed by atoms with Crippen molar-refractivity contribution in [2.75, 3.05) is 11.9 Å². The van der Waals surface area contributed by atoms with Crippen molar-refractivity contribution in [2.45, 2.75) is 19.9 Å². The minimum atomic E-state index is -0.0981. The summed E-state index contributed by atoms with van der Waals surface area (Å²) in [4.78, 5) is 23.4. The molecule has 29 heavy (non-hydrogen) atoms. The summed E-state index contributed by atoms with van der Waals surface area (Å²) in [7, 11) is 0. The molecule has 4 heterocycles. The number of carbonyl (C=O) groups is 1. The molecule has 4 aromatic rings. The van der Waals surface area contributed by atoms with Crippen LogP contribution < -0.4 is 5.32 Å². The molecular formula is C22H20N6O. The minimum absolute atomic E-state index is 0.0981. The number of aryl methyl sites for hydroxylation is 1. The highest BCUT2D eigenvalue weighted by atomic mass is 16.2. The summed E-state index contributed by atoms with van der Waals surface area (Å²) >= 11 is 0. The predicted molar refractivity (Wildman–Crippen MR) is 111 cm³/mol. The number of nitrogens with one attached hydrogen (secondary N) is 2. The van der Waals surface area contributed by atoms with Crippen molar-refractivity contribution < 1.29 is 4.79 Å². The third kappa shape index (κ3) is 3.31. The summed E-state index contributed by atoms with van der Waals surface area (Å²) < 4.78 is 0. The Hall–Kier alpha value is -3.74. The predicted octanol–water partition coefficient (Wildman–Crippen LogP) is 3.92. The fraction of sp³-hybridized carbons (Fsp3) is 0.182. The minimum Gasteiger partial charge on any atom is -0.318 e. The largest absolute Gasteiger partial charge is 0.322 e. The van der Waals surface area contributed by atoms with E-state index in [4.69, 9.17) is 4.98 Å². The van der Waals surface area contributed by atoms with Crippen molar-refractivity contribution in [3.8, 4) is 11.3 Å². The summed E-state index contributed by atoms with van der Waals surface area (Å²) in [6.45, 7) is 3.06. The zero-order valence-corrected chi connectivity index (χ0v) is 16.0. The molecule has 0 spiro atoms. The van der Waals surface area contributed by atoms with E-state index in [0.29, 0.717) is 13.1 Å². The normalized spacial score (nSPS) is 13.4. The van der Waals surface area contributed by atoms with Crippen LogP contribution in [0, 0.1) is 6.92 Å². The van der Waals surface area contributed by atoms with Crippen LogP contribution in [0.4, 0.5) is 10.5 Å². The maximum atomic E-state index is 12.5. The van der Waals surface area contributed by atoms with Gasteiger partial charge in [0.05, 0.1) is 23.4 Å². The van der Waals surface area contributed by atoms with E-state index in [1.165, 1.54) is 5.56 Å². The maximum Gasteiger partial charge on any atom is 0.322 e. The summed E-state index contributed by atoms with van der Waals surface area (Å²) in [6, 6.07) is 15.9. The first-order chi connectivity index (χ1) is 14.2. The standard InChI is InChI=1S/C22H20N6O/c1-14-11-16(7-9-23-14)20-21-18(26-27-20)12-17-19(24-21)13-28(22(29)25-17)10-8-15-5-3-2-4-6-15/h2-7,9,11-12H,8,10,13H2,1H3,(H,25,29)(H,26,27). The Kier molecular flexibility index (Phi) is 4.20. The average Bonchev–Trinajstić information content (AvgIpc) is 3.14. The van der Waals surface area contributed by atoms with E-state index in [9.17, 15) is 4.79 Å². The van der Waals surface area contributed by atoms with Gasteiger partial charge in [0.25, 0.3) is 0 Å². The molecule has 144 valence electrons. The number of aromatic amines is 1. The number of rotatable bonds is 4. The number of nitrogens with zero attached hydrogens (tertiary/aromatic N) is 4. The van der Waals surface area contributed by atoms with E-state index in [1.54, 1.807) is 11.1 Å². The van der Waals surface area contributed by atoms with Gasteiger partial charge in [-0.15, -0.1) is 0 Å². The number of hydrogen-bond donors (Lipinski definition) is 2. The Balaban J connectivity index is 1.45. The number of fused-ring (bicyclic) bond motifs is 2. The maximum absolute atomic E-state index is 12.5. The molecule has 1 aliphatic heterocycles. The van der Waals surface area contributed by atoms with Gasteiger partial charge >= 0.3 is 6.03 Å². The molecule has 0 fully saturated rings. The lowest BCUT2D eigenvalue weighted by molar-refractivity contribution is 0.206. The van der Waals surface area contributed by atoms with E-state index >= 15 is 0 Å². The Morgan fingerprint density at radius 2 is 2.00 bits per heavy atom. The Morgan fingerprint density at radius 1 is 1.14 bits per heavy atom. The molecule has 2 N–H and O–H groups in total. The lowest BCUT2D eigenvalue weighted by Gasteiger charge is -2.28. The van der Waals surface area contributed by atoms with Crippen LogP contribution in [-0.4, -0.2) is 37.6 Å². The van der Waals surface area contributed by atoms with E-state index in [-0.39, 0.29) is 6.03 Å². The van der Waals surface area contributed by atoms with Crippen LogP contribution in [0.15, 0.2) is 54.7 Å². The Morgan fingerprint density at radius 3 is 2.83 bits per heavy atom. The second-order valence-corrected chi connectivity index (χ2v) is 7.22. The number of pyridine rings is 2. The van der Waals surface area contributed by atoms with Crippen molar-refractivity contribution >= 4 is 22.8 Å². The number of benzene rings is 1. The Bertz CT molecular complexity index is 1200. The SMILES string of the molecule is Cc1cc(-c2n[nH]c3cc4c(nc23)CN(CCc2ccccc2)C(=O)N4)ccn1. The molecule has 1 aliphatic rings. The number of amides is 2. The quantitative estimate of drug-likeness (QED) is 0.558. The van der Waals surface area contributed by atoms with Crippen LogP contribution in [0.2, 0.25) is 0 Å². The number of aromatic nitrogens is 4. The number of anilines is 1. The van der Waals surface area contributed by atoms with Gasteiger partial charge in [0.1, 0.15) is 11.2 Å². The highest BCUT2D eigenvalue weighted by Gasteiger charge is 2.25. The molecule has 0 unspecified atom stereocenters. The van der Waals surface area contributed by atoms with Crippen LogP contribution in [0.1, 0.15) is 17.0 Å². The summed E-state index contributed by atoms with van der Waals surface area (Å²) in [5.74, 6) is 0. The van der Waals surface area contributed by atoms with Gasteiger partial charge in [-0.3, -0.25) is 10.1 Å². The third-order valence-corrected chi connectivity index (χ3v) is 5.17. The van der Waals surface area contributed by atoms with Gasteiger partial charge in [0.2, 0.25) is 0 Å². The van der Waals surface area contributed by atoms with Gasteiger partial charge in [-0.1, -0.05) is 30.3 Å². The molecule has 0 aliphatic carbocycles. The van der Waals surface area contributed by atoms with Gasteiger partial charge in [0.15, 0.2) is 0 Å². The van der Waals surface area contributed by atoms with E-state index in [2.05, 4.69) is 32.6 Å². The topological polar surface area (TPSA) is 86.8 Å². The second kappa shape index (κ2) is 7.01. The summed E-state index contributed by atoms with van der Waals surface area (Å²) in [6.07, 6.45) is 2.58. The molecule has 1 aromatic carbocycles. The molecule has 0 bridgehead atoms. The van der Waals surface area contributed by atoms with Crippen molar-refractivity contribution in [2.24, 2.45) is 0 Å². The van der Waals surface area contributed by atoms with E-state index in [0.717, 1.165) is 45.8 Å². The first-order valence-electron chi connectivity index (χ1n) is 9.58. The lowest BCUT2D eigenvalue weighted by Crippen LogP contribution is -2.40. The highest BCUT2D eigenvalue weighted by molar-refractivity contribution is 5.97. The second-order valence-electron chi connectivity index (χ2n) is 7.22. The van der Waals surface area contributed by atoms with Gasteiger partial charge in [-0.25, -0.2) is 9.78 Å². The summed E-state index contributed by atoms with van der Waals surface area (Å²) in [5, 5.41) is 10.4. The van der Waals surface area contributed by atoms with Crippen molar-refractivity contribution in [1.82, 2.24) is 25.1 Å². The fourth-order valence-corrected chi connectivity index (χ4v) is 3.65. The average molecular weight is 384 g/mol. The Labute approximate surface area is 167 Å². The van der Waals surface area contributed by atoms with Crippen LogP contribution in [0.3, 0.4) is 0 Å². The molecule has 3 aromatic heterocycles. The smallest absolute Gasteiger partial charge is 0.318 e. The van der Waals surface area contributed by atoms with Crippen LogP contribution in [0.25, 0.3) is 22.3 Å². The summed E-state index contributed by atoms with van der Waals surface area (Å²) in [5.41, 5.74) is 7.08. The van der Waals surface area contributed by atoms with Crippen LogP contribution in [0.5, 0.6) is 0 Å². The number of urea groups is 1. The molecule has 0 saturated heterocycles. The van der Waals surface area contributed by atoms with E-state index < -0.39 is 0 Å². The molecule has 2 amide bonds. The van der Waals surface area contributed by atoms with Gasteiger partial charge in [-0.2, -0.15) is 5.10 Å². The first kappa shape index (κ1) is 17.4. The van der Waals surface area contributed by atoms with Gasteiger partial charge < -0.3 is 10.2 Å². The van der Waals surface area contributed by atoms with Gasteiger partial charge in [0, 0.05) is 24.0 Å². The highest BCUT2D eigenvalue weighted by Crippen LogP contribution is 2.30. The zero-order valence-electron chi connectivity index (χ0n) is 16.0. The van der Waals surface area contributed by atoms with E-state index in [1.807, 2.05) is 43.3 Å². The fourth-order valence-electron chi connectivity index (χ4n) is 3.65. The molecule has 0 atom stereocenters. The molecule has 0 saturated carbocycles. The van der Waals surface area contributed by atoms with Crippen molar-refractivity contribution in [1.29, 1.82) is 0 Å². The monoisotopic (exact) mass is 384 g/mol. The van der Waals surface area contributed by atoms with Gasteiger partial charge in [-0.05, 0) is 37.1 Å². The van der Waals surface area contributed by atoms with Crippen LogP contribution >= 0.6 is 0 Å². The molecule has 7 nitrogen and oxygen atoms in total. The number of carbonyl (C=O) groups excluding carboxylic acids is 1. The lowest BCUT2D eigenvalue weighted by atomic mass is 10.1. The number of H-pyrrole nitrogens is 1. The van der Waals surface area contributed by atoms with Crippen LogP contribution in [-0.2, 0) is 13.0 Å². The molecule has 7 heteroatoms. The number of hydrogen-bond acceptors (Lipinski definition) is 4. The van der Waals surface area contributed by atoms with Crippen molar-refractivity contribution in [3.63, 3.8) is 0 Å². The van der Waals surface area contributed by atoms with Crippen molar-refractivity contribution in [3.05, 3.63) is 71.7 Å². The molecule has 5 rings (SSSR count). The first-order valence-corrected chi connectivity index (χ1v) is 9.58. The zero-order chi connectivity index (χ0) is 19.8. The molecule has 0 radical (unpaired) electrons. The molecular weight excluding hydrogens is 364 g/mol. The third-order valence-electron chi connectivity index (χ3n) is 5.17.